The lowest BCUT2D eigenvalue weighted by Crippen LogP contribution is -2.41. The standard InChI is InChI=1S/C19H20FN3O8S2/c20-16-6-1-13(11-17(16)33(28,29)23-7-9-30-10-8-23)19(25)31-12-18(24)22-14-2-4-15(5-3-14)32(21,26)27/h1-6,11H,7-10,12H2,(H,22,24)(H2,21,26,27). The number of morpholine rings is 1. The fraction of sp³-hybridized carbons (Fsp3) is 0.263. The van der Waals surface area contributed by atoms with Gasteiger partial charge in [0.05, 0.1) is 23.7 Å². The SMILES string of the molecule is NS(=O)(=O)c1ccc(NC(=O)COC(=O)c2ccc(F)c(S(=O)(=O)N3CCOCC3)c2)cc1. The quantitative estimate of drug-likeness (QED) is 0.512. The van der Waals surface area contributed by atoms with Gasteiger partial charge in [-0.3, -0.25) is 4.79 Å². The van der Waals surface area contributed by atoms with E-state index in [1.54, 1.807) is 0 Å². The maximum absolute atomic E-state index is 14.2. The van der Waals surface area contributed by atoms with Gasteiger partial charge >= 0.3 is 5.97 Å². The van der Waals surface area contributed by atoms with E-state index in [0.717, 1.165) is 22.5 Å². The predicted molar refractivity (Wildman–Crippen MR) is 113 cm³/mol. The molecule has 0 unspecified atom stereocenters. The first-order valence-corrected chi connectivity index (χ1v) is 12.4. The number of primary sulfonamides is 1. The zero-order chi connectivity index (χ0) is 24.2. The molecule has 11 nitrogen and oxygen atoms in total. The van der Waals surface area contributed by atoms with Gasteiger partial charge in [0.1, 0.15) is 10.7 Å². The van der Waals surface area contributed by atoms with E-state index < -0.39 is 49.2 Å². The average molecular weight is 502 g/mol. The normalized spacial score (nSPS) is 15.1. The average Bonchev–Trinajstić information content (AvgIpc) is 2.78. The summed E-state index contributed by atoms with van der Waals surface area (Å²) in [6.07, 6.45) is 0. The van der Waals surface area contributed by atoms with Crippen LogP contribution in [0.4, 0.5) is 10.1 Å². The van der Waals surface area contributed by atoms with E-state index in [1.165, 1.54) is 24.3 Å². The molecule has 2 aromatic carbocycles. The van der Waals surface area contributed by atoms with Gasteiger partial charge in [-0.2, -0.15) is 4.31 Å². The Morgan fingerprint density at radius 1 is 1.06 bits per heavy atom. The second kappa shape index (κ2) is 9.93. The third-order valence-electron chi connectivity index (χ3n) is 4.56. The van der Waals surface area contributed by atoms with Crippen LogP contribution in [0, 0.1) is 5.82 Å². The number of benzene rings is 2. The van der Waals surface area contributed by atoms with E-state index in [2.05, 4.69) is 5.32 Å². The molecule has 0 bridgehead atoms. The number of nitrogens with zero attached hydrogens (tertiary/aromatic N) is 1. The van der Waals surface area contributed by atoms with Gasteiger partial charge in [-0.15, -0.1) is 0 Å². The Labute approximate surface area is 189 Å². The number of rotatable bonds is 7. The van der Waals surface area contributed by atoms with Crippen LogP contribution in [-0.2, 0) is 34.3 Å². The van der Waals surface area contributed by atoms with Crippen molar-refractivity contribution in [3.8, 4) is 0 Å². The van der Waals surface area contributed by atoms with E-state index >= 15 is 0 Å². The molecule has 0 aliphatic carbocycles. The Morgan fingerprint density at radius 2 is 1.70 bits per heavy atom. The second-order valence-corrected chi connectivity index (χ2v) is 10.3. The second-order valence-electron chi connectivity index (χ2n) is 6.86. The van der Waals surface area contributed by atoms with Gasteiger partial charge in [0.2, 0.25) is 20.0 Å². The molecule has 1 aliphatic heterocycles. The number of amides is 1. The summed E-state index contributed by atoms with van der Waals surface area (Å²) in [6, 6.07) is 7.69. The van der Waals surface area contributed by atoms with Gasteiger partial charge in [-0.25, -0.2) is 31.2 Å². The number of nitrogens with two attached hydrogens (primary N) is 1. The van der Waals surface area contributed by atoms with Crippen LogP contribution in [0.15, 0.2) is 52.3 Å². The third kappa shape index (κ3) is 6.11. The van der Waals surface area contributed by atoms with Crippen molar-refractivity contribution in [3.63, 3.8) is 0 Å². The van der Waals surface area contributed by atoms with Crippen LogP contribution in [-0.4, -0.2) is 65.9 Å². The van der Waals surface area contributed by atoms with Crippen LogP contribution in [0.25, 0.3) is 0 Å². The molecule has 0 spiro atoms. The molecular formula is C19H20FN3O8S2. The van der Waals surface area contributed by atoms with Crippen molar-refractivity contribution in [2.45, 2.75) is 9.79 Å². The van der Waals surface area contributed by atoms with Crippen molar-refractivity contribution < 1.29 is 40.3 Å². The lowest BCUT2D eigenvalue weighted by atomic mass is 10.2. The maximum atomic E-state index is 14.2. The van der Waals surface area contributed by atoms with Gasteiger partial charge in [0.25, 0.3) is 5.91 Å². The van der Waals surface area contributed by atoms with Crippen molar-refractivity contribution in [2.75, 3.05) is 38.2 Å². The predicted octanol–water partition coefficient (Wildman–Crippen LogP) is 0.290. The molecule has 0 saturated carbocycles. The zero-order valence-corrected chi connectivity index (χ0v) is 18.7. The van der Waals surface area contributed by atoms with Crippen molar-refractivity contribution in [3.05, 3.63) is 53.8 Å². The molecule has 178 valence electrons. The lowest BCUT2D eigenvalue weighted by molar-refractivity contribution is -0.119. The largest absolute Gasteiger partial charge is 0.452 e. The van der Waals surface area contributed by atoms with E-state index in [1.807, 2.05) is 0 Å². The molecule has 1 fully saturated rings. The first-order chi connectivity index (χ1) is 15.5. The molecule has 33 heavy (non-hydrogen) atoms. The van der Waals surface area contributed by atoms with Crippen molar-refractivity contribution >= 4 is 37.6 Å². The maximum Gasteiger partial charge on any atom is 0.338 e. The number of anilines is 1. The van der Waals surface area contributed by atoms with Crippen molar-refractivity contribution in [1.29, 1.82) is 0 Å². The Kier molecular flexibility index (Phi) is 7.44. The summed E-state index contributed by atoms with van der Waals surface area (Å²) in [6.45, 7) is -0.285. The van der Waals surface area contributed by atoms with Crippen LogP contribution in [0.1, 0.15) is 10.4 Å². The van der Waals surface area contributed by atoms with Crippen molar-refractivity contribution in [2.24, 2.45) is 5.14 Å². The van der Waals surface area contributed by atoms with Gasteiger partial charge in [-0.1, -0.05) is 0 Å². The summed E-state index contributed by atoms with van der Waals surface area (Å²) < 4.78 is 73.2. The highest BCUT2D eigenvalue weighted by Gasteiger charge is 2.30. The Morgan fingerprint density at radius 3 is 2.30 bits per heavy atom. The van der Waals surface area contributed by atoms with Gasteiger partial charge in [0.15, 0.2) is 6.61 Å². The number of carbonyl (C=O) groups excluding carboxylic acids is 2. The first-order valence-electron chi connectivity index (χ1n) is 9.46. The summed E-state index contributed by atoms with van der Waals surface area (Å²) in [7, 11) is -8.08. The molecule has 3 rings (SSSR count). The minimum Gasteiger partial charge on any atom is -0.452 e. The topological polar surface area (TPSA) is 162 Å². The summed E-state index contributed by atoms with van der Waals surface area (Å²) in [5, 5.41) is 7.38. The number of halogens is 1. The summed E-state index contributed by atoms with van der Waals surface area (Å²) in [5.41, 5.74) is -0.0299. The summed E-state index contributed by atoms with van der Waals surface area (Å²) in [5.74, 6) is -2.80. The number of nitrogens with one attached hydrogen (secondary N) is 1. The molecule has 0 aromatic heterocycles. The molecule has 1 heterocycles. The molecule has 3 N–H and O–H groups in total. The van der Waals surface area contributed by atoms with E-state index in [4.69, 9.17) is 14.6 Å². The molecule has 1 aliphatic rings. The molecule has 0 radical (unpaired) electrons. The smallest absolute Gasteiger partial charge is 0.338 e. The first kappa shape index (κ1) is 24.7. The zero-order valence-electron chi connectivity index (χ0n) is 17.1. The highest BCUT2D eigenvalue weighted by molar-refractivity contribution is 7.89. The van der Waals surface area contributed by atoms with Gasteiger partial charge in [0, 0.05) is 18.8 Å². The highest BCUT2D eigenvalue weighted by Crippen LogP contribution is 2.22. The fourth-order valence-corrected chi connectivity index (χ4v) is 4.91. The molecule has 1 saturated heterocycles. The van der Waals surface area contributed by atoms with Crippen LogP contribution >= 0.6 is 0 Å². The Hall–Kier alpha value is -2.91. The third-order valence-corrected chi connectivity index (χ3v) is 7.40. The van der Waals surface area contributed by atoms with E-state index in [9.17, 15) is 30.8 Å². The molecule has 14 heteroatoms. The lowest BCUT2D eigenvalue weighted by Gasteiger charge is -2.26. The highest BCUT2D eigenvalue weighted by atomic mass is 32.2. The summed E-state index contributed by atoms with van der Waals surface area (Å²) >= 11 is 0. The molecule has 0 atom stereocenters. The van der Waals surface area contributed by atoms with Crippen LogP contribution in [0.2, 0.25) is 0 Å². The van der Waals surface area contributed by atoms with Gasteiger partial charge in [-0.05, 0) is 42.5 Å². The number of esters is 1. The fourth-order valence-electron chi connectivity index (χ4n) is 2.89. The minimum atomic E-state index is -4.20. The number of sulfonamides is 2. The van der Waals surface area contributed by atoms with Crippen LogP contribution in [0.5, 0.6) is 0 Å². The van der Waals surface area contributed by atoms with E-state index in [-0.39, 0.29) is 42.4 Å². The number of hydrogen-bond donors (Lipinski definition) is 2. The minimum absolute atomic E-state index is 0.0504. The number of hydrogen-bond acceptors (Lipinski definition) is 8. The van der Waals surface area contributed by atoms with Crippen LogP contribution in [0.3, 0.4) is 0 Å². The number of carbonyl (C=O) groups is 2. The molecule has 2 aromatic rings. The summed E-state index contributed by atoms with van der Waals surface area (Å²) in [4.78, 5) is 23.5. The van der Waals surface area contributed by atoms with Crippen LogP contribution < -0.4 is 10.5 Å². The number of ether oxygens (including phenoxy) is 2. The molecule has 1 amide bonds. The Balaban J connectivity index is 1.64. The molecular weight excluding hydrogens is 481 g/mol. The van der Waals surface area contributed by atoms with E-state index in [0.29, 0.717) is 0 Å². The Bertz CT molecular complexity index is 1260. The van der Waals surface area contributed by atoms with Crippen molar-refractivity contribution in [1.82, 2.24) is 4.31 Å². The van der Waals surface area contributed by atoms with Gasteiger partial charge < -0.3 is 14.8 Å². The monoisotopic (exact) mass is 501 g/mol.